The van der Waals surface area contributed by atoms with Gasteiger partial charge in [0.2, 0.25) is 6.23 Å². The Balaban J connectivity index is 1.96. The van der Waals surface area contributed by atoms with Crippen LogP contribution in [0.3, 0.4) is 0 Å². The average molecular weight is 287 g/mol. The Morgan fingerprint density at radius 3 is 2.44 bits per heavy atom. The molecule has 2 amide bonds. The normalized spacial score (nSPS) is 18.6. The maximum Gasteiger partial charge on any atom is 0.353 e. The van der Waals surface area contributed by atoms with E-state index in [2.05, 4.69) is 10.6 Å². The lowest BCUT2D eigenvalue weighted by Gasteiger charge is -2.13. The largest absolute Gasteiger partial charge is 0.432 e. The summed E-state index contributed by atoms with van der Waals surface area (Å²) in [6, 6.07) is 8.24. The third kappa shape index (κ3) is 2.75. The number of carbonyl (C=O) groups excluding carboxylic acids is 2. The summed E-state index contributed by atoms with van der Waals surface area (Å²) >= 11 is 11.3. The summed E-state index contributed by atoms with van der Waals surface area (Å²) in [5.74, 6) is -0.758. The number of hydrogen-bond donors (Lipinski definition) is 2. The number of benzene rings is 1. The van der Waals surface area contributed by atoms with E-state index in [0.717, 1.165) is 0 Å². The Labute approximate surface area is 113 Å². The molecular formula is C11H8Cl2N2O3. The Morgan fingerprint density at radius 2 is 1.89 bits per heavy atom. The SMILES string of the molecule is O=C(Nc1ccccc1)NC1OC(=O)C(Cl)=C1Cl. The van der Waals surface area contributed by atoms with Crippen LogP contribution in [-0.2, 0) is 9.53 Å². The highest BCUT2D eigenvalue weighted by Gasteiger charge is 2.33. The van der Waals surface area contributed by atoms with Gasteiger partial charge < -0.3 is 10.1 Å². The van der Waals surface area contributed by atoms with Crippen molar-refractivity contribution >= 4 is 40.9 Å². The first-order valence-electron chi connectivity index (χ1n) is 4.96. The predicted octanol–water partition coefficient (Wildman–Crippen LogP) is 2.38. The molecule has 0 saturated heterocycles. The summed E-state index contributed by atoms with van der Waals surface area (Å²) < 4.78 is 4.75. The van der Waals surface area contributed by atoms with E-state index in [-0.39, 0.29) is 10.1 Å². The predicted molar refractivity (Wildman–Crippen MR) is 67.2 cm³/mol. The number of esters is 1. The second-order valence-electron chi connectivity index (χ2n) is 3.41. The second kappa shape index (κ2) is 5.29. The highest BCUT2D eigenvalue weighted by atomic mass is 35.5. The number of urea groups is 1. The Hall–Kier alpha value is -1.72. The highest BCUT2D eigenvalue weighted by Crippen LogP contribution is 2.27. The zero-order valence-electron chi connectivity index (χ0n) is 8.94. The fourth-order valence-electron chi connectivity index (χ4n) is 1.32. The Bertz CT molecular complexity index is 516. The lowest BCUT2D eigenvalue weighted by atomic mass is 10.3. The molecule has 94 valence electrons. The number of nitrogens with one attached hydrogen (secondary N) is 2. The van der Waals surface area contributed by atoms with E-state index < -0.39 is 18.2 Å². The minimum absolute atomic E-state index is 0.0371. The quantitative estimate of drug-likeness (QED) is 0.821. The van der Waals surface area contributed by atoms with E-state index >= 15 is 0 Å². The van der Waals surface area contributed by atoms with Crippen molar-refractivity contribution in [2.24, 2.45) is 0 Å². The summed E-state index contributed by atoms with van der Waals surface area (Å²) in [5.41, 5.74) is 0.602. The molecule has 0 fully saturated rings. The van der Waals surface area contributed by atoms with Crippen LogP contribution in [0, 0.1) is 0 Å². The molecule has 1 atom stereocenters. The maximum absolute atomic E-state index is 11.6. The van der Waals surface area contributed by atoms with Gasteiger partial charge in [-0.3, -0.25) is 5.32 Å². The number of halogens is 2. The average Bonchev–Trinajstić information content (AvgIpc) is 2.58. The molecular weight excluding hydrogens is 279 g/mol. The number of carbonyl (C=O) groups is 2. The molecule has 0 radical (unpaired) electrons. The van der Waals surface area contributed by atoms with Crippen molar-refractivity contribution in [3.63, 3.8) is 0 Å². The topological polar surface area (TPSA) is 67.4 Å². The van der Waals surface area contributed by atoms with E-state index in [4.69, 9.17) is 27.9 Å². The van der Waals surface area contributed by atoms with Gasteiger partial charge in [-0.1, -0.05) is 41.4 Å². The van der Waals surface area contributed by atoms with Gasteiger partial charge in [0.25, 0.3) is 0 Å². The van der Waals surface area contributed by atoms with E-state index in [1.165, 1.54) is 0 Å². The molecule has 0 aliphatic carbocycles. The van der Waals surface area contributed by atoms with Crippen LogP contribution in [0.5, 0.6) is 0 Å². The van der Waals surface area contributed by atoms with Gasteiger partial charge in [-0.25, -0.2) is 9.59 Å². The summed E-state index contributed by atoms with van der Waals surface area (Å²) in [4.78, 5) is 22.7. The molecule has 1 aromatic carbocycles. The van der Waals surface area contributed by atoms with Crippen molar-refractivity contribution in [2.45, 2.75) is 6.23 Å². The number of anilines is 1. The molecule has 1 unspecified atom stereocenters. The maximum atomic E-state index is 11.6. The molecule has 0 aromatic heterocycles. The number of ether oxygens (including phenoxy) is 1. The Morgan fingerprint density at radius 1 is 1.22 bits per heavy atom. The van der Waals surface area contributed by atoms with E-state index in [9.17, 15) is 9.59 Å². The van der Waals surface area contributed by atoms with Gasteiger partial charge in [-0.15, -0.1) is 0 Å². The smallest absolute Gasteiger partial charge is 0.353 e. The van der Waals surface area contributed by atoms with Crippen molar-refractivity contribution in [2.75, 3.05) is 5.32 Å². The molecule has 1 aliphatic rings. The van der Waals surface area contributed by atoms with Gasteiger partial charge in [0.15, 0.2) is 0 Å². The third-order valence-electron chi connectivity index (χ3n) is 2.14. The molecule has 1 heterocycles. The molecule has 2 rings (SSSR count). The molecule has 5 nitrogen and oxygen atoms in total. The standard InChI is InChI=1S/C11H8Cl2N2O3/c12-7-8(13)10(16)18-9(7)15-11(17)14-6-4-2-1-3-5-6/h1-5,9H,(H2,14,15,17). The monoisotopic (exact) mass is 286 g/mol. The minimum atomic E-state index is -1.05. The fourth-order valence-corrected chi connectivity index (χ4v) is 1.64. The number of hydrogen-bond acceptors (Lipinski definition) is 3. The molecule has 7 heteroatoms. The van der Waals surface area contributed by atoms with Gasteiger partial charge in [-0.05, 0) is 12.1 Å². The molecule has 0 bridgehead atoms. The van der Waals surface area contributed by atoms with Crippen LogP contribution in [0.15, 0.2) is 40.4 Å². The fraction of sp³-hybridized carbons (Fsp3) is 0.0909. The lowest BCUT2D eigenvalue weighted by molar-refractivity contribution is -0.139. The van der Waals surface area contributed by atoms with Gasteiger partial charge >= 0.3 is 12.0 Å². The van der Waals surface area contributed by atoms with E-state index in [1.807, 2.05) is 6.07 Å². The van der Waals surface area contributed by atoms with Crippen molar-refractivity contribution in [1.29, 1.82) is 0 Å². The van der Waals surface area contributed by atoms with Gasteiger partial charge in [-0.2, -0.15) is 0 Å². The van der Waals surface area contributed by atoms with Crippen LogP contribution < -0.4 is 10.6 Å². The zero-order valence-corrected chi connectivity index (χ0v) is 10.5. The molecule has 2 N–H and O–H groups in total. The summed E-state index contributed by atoms with van der Waals surface area (Å²) in [6.45, 7) is 0. The van der Waals surface area contributed by atoms with Crippen LogP contribution in [-0.4, -0.2) is 18.2 Å². The van der Waals surface area contributed by atoms with Gasteiger partial charge in [0.1, 0.15) is 10.1 Å². The summed E-state index contributed by atoms with van der Waals surface area (Å²) in [5, 5.41) is 4.67. The van der Waals surface area contributed by atoms with Crippen LogP contribution >= 0.6 is 23.2 Å². The molecule has 1 aliphatic heterocycles. The van der Waals surface area contributed by atoms with Crippen molar-refractivity contribution in [1.82, 2.24) is 5.32 Å². The number of rotatable bonds is 2. The van der Waals surface area contributed by atoms with Crippen LogP contribution in [0.25, 0.3) is 0 Å². The summed E-state index contributed by atoms with van der Waals surface area (Å²) in [7, 11) is 0. The molecule has 0 spiro atoms. The Kier molecular flexibility index (Phi) is 3.74. The van der Waals surface area contributed by atoms with Crippen molar-refractivity contribution < 1.29 is 14.3 Å². The van der Waals surface area contributed by atoms with Crippen LogP contribution in [0.2, 0.25) is 0 Å². The lowest BCUT2D eigenvalue weighted by Crippen LogP contribution is -2.38. The second-order valence-corrected chi connectivity index (χ2v) is 4.20. The highest BCUT2D eigenvalue weighted by molar-refractivity contribution is 6.48. The first kappa shape index (κ1) is 12.7. The van der Waals surface area contributed by atoms with E-state index in [0.29, 0.717) is 5.69 Å². The van der Waals surface area contributed by atoms with Crippen molar-refractivity contribution in [3.8, 4) is 0 Å². The third-order valence-corrected chi connectivity index (χ3v) is 2.98. The van der Waals surface area contributed by atoms with Crippen LogP contribution in [0.1, 0.15) is 0 Å². The summed E-state index contributed by atoms with van der Waals surface area (Å²) in [6.07, 6.45) is -1.05. The van der Waals surface area contributed by atoms with Crippen molar-refractivity contribution in [3.05, 3.63) is 40.4 Å². The molecule has 18 heavy (non-hydrogen) atoms. The van der Waals surface area contributed by atoms with Gasteiger partial charge in [0.05, 0.1) is 0 Å². The van der Waals surface area contributed by atoms with E-state index in [1.54, 1.807) is 24.3 Å². The first-order valence-corrected chi connectivity index (χ1v) is 5.72. The van der Waals surface area contributed by atoms with Gasteiger partial charge in [0, 0.05) is 5.69 Å². The first-order chi connectivity index (χ1) is 8.58. The van der Waals surface area contributed by atoms with Crippen LogP contribution in [0.4, 0.5) is 10.5 Å². The zero-order chi connectivity index (χ0) is 13.1. The minimum Gasteiger partial charge on any atom is -0.432 e. The molecule has 0 saturated carbocycles. The molecule has 1 aromatic rings. The number of para-hydroxylation sites is 1. The number of cyclic esters (lactones) is 1. The number of amides is 2.